The van der Waals surface area contributed by atoms with Gasteiger partial charge in [-0.15, -0.1) is 0 Å². The maximum Gasteiger partial charge on any atom is 0.414 e. The van der Waals surface area contributed by atoms with Crippen molar-refractivity contribution in [2.24, 2.45) is 0 Å². The second-order valence-corrected chi connectivity index (χ2v) is 7.62. The minimum absolute atomic E-state index is 0.0868. The van der Waals surface area contributed by atoms with Gasteiger partial charge in [-0.2, -0.15) is 0 Å². The van der Waals surface area contributed by atoms with Crippen LogP contribution in [0.2, 0.25) is 0 Å². The summed E-state index contributed by atoms with van der Waals surface area (Å²) in [6, 6.07) is 6.41. The Labute approximate surface area is 132 Å². The van der Waals surface area contributed by atoms with Crippen LogP contribution in [0, 0.1) is 6.92 Å². The van der Waals surface area contributed by atoms with Crippen molar-refractivity contribution in [2.75, 3.05) is 24.5 Å². The fourth-order valence-corrected chi connectivity index (χ4v) is 3.60. The van der Waals surface area contributed by atoms with E-state index < -0.39 is 5.60 Å². The number of piperidine rings is 1. The van der Waals surface area contributed by atoms with Gasteiger partial charge in [0.25, 0.3) is 0 Å². The van der Waals surface area contributed by atoms with Crippen molar-refractivity contribution in [2.45, 2.75) is 51.6 Å². The predicted molar refractivity (Wildman–Crippen MR) is 88.5 cm³/mol. The smallest absolute Gasteiger partial charge is 0.414 e. The summed E-state index contributed by atoms with van der Waals surface area (Å²) in [5.74, 6) is 0. The summed E-state index contributed by atoms with van der Waals surface area (Å²) in [7, 11) is 0. The highest BCUT2D eigenvalue weighted by molar-refractivity contribution is 5.91. The van der Waals surface area contributed by atoms with Gasteiger partial charge in [0.2, 0.25) is 0 Å². The molecule has 1 saturated heterocycles. The van der Waals surface area contributed by atoms with E-state index in [4.69, 9.17) is 4.74 Å². The lowest BCUT2D eigenvalue weighted by molar-refractivity contribution is 0.0575. The average Bonchev–Trinajstić information content (AvgIpc) is 2.72. The lowest BCUT2D eigenvalue weighted by atomic mass is 9.74. The quantitative estimate of drug-likeness (QED) is 0.799. The first-order valence-electron chi connectivity index (χ1n) is 8.13. The topological polar surface area (TPSA) is 41.6 Å². The summed E-state index contributed by atoms with van der Waals surface area (Å²) in [5, 5.41) is 3.43. The Hall–Kier alpha value is -1.55. The number of nitrogens with zero attached hydrogens (tertiary/aromatic N) is 1. The van der Waals surface area contributed by atoms with Gasteiger partial charge >= 0.3 is 6.09 Å². The van der Waals surface area contributed by atoms with Crippen LogP contribution in [0.1, 0.15) is 44.7 Å². The highest BCUT2D eigenvalue weighted by atomic mass is 16.6. The Kier molecular flexibility index (Phi) is 3.68. The number of ether oxygens (including phenoxy) is 1. The number of fused-ring (bicyclic) bond motifs is 2. The van der Waals surface area contributed by atoms with E-state index in [-0.39, 0.29) is 11.5 Å². The highest BCUT2D eigenvalue weighted by Gasteiger charge is 2.46. The molecule has 1 aromatic rings. The number of rotatable bonds is 0. The van der Waals surface area contributed by atoms with E-state index in [1.165, 1.54) is 11.1 Å². The van der Waals surface area contributed by atoms with Gasteiger partial charge in [0.05, 0.1) is 5.69 Å². The number of hydrogen-bond acceptors (Lipinski definition) is 3. The number of nitrogens with one attached hydrogen (secondary N) is 1. The largest absolute Gasteiger partial charge is 0.443 e. The van der Waals surface area contributed by atoms with Crippen LogP contribution in [0.25, 0.3) is 0 Å². The lowest BCUT2D eigenvalue weighted by Gasteiger charge is -2.35. The maximum atomic E-state index is 12.6. The van der Waals surface area contributed by atoms with Crippen LogP contribution in [0.4, 0.5) is 10.5 Å². The van der Waals surface area contributed by atoms with Gasteiger partial charge in [-0.1, -0.05) is 17.7 Å². The fraction of sp³-hybridized carbons (Fsp3) is 0.611. The third-order valence-corrected chi connectivity index (χ3v) is 4.65. The number of benzene rings is 1. The zero-order valence-electron chi connectivity index (χ0n) is 14.0. The molecule has 0 aliphatic carbocycles. The summed E-state index contributed by atoms with van der Waals surface area (Å²) in [6.07, 6.45) is 1.92. The zero-order chi connectivity index (χ0) is 16.0. The van der Waals surface area contributed by atoms with Crippen molar-refractivity contribution in [3.63, 3.8) is 0 Å². The standard InChI is InChI=1S/C18H26N2O2/c1-13-5-6-15-14(11-13)18(7-9-19-10-8-18)12-20(15)16(21)22-17(2,3)4/h5-6,11,19H,7-10,12H2,1-4H3. The second kappa shape index (κ2) is 5.27. The number of carbonyl (C=O) groups excluding carboxylic acids is 1. The zero-order valence-corrected chi connectivity index (χ0v) is 14.0. The monoisotopic (exact) mass is 302 g/mol. The van der Waals surface area contributed by atoms with Crippen LogP contribution in [0.5, 0.6) is 0 Å². The minimum Gasteiger partial charge on any atom is -0.443 e. The molecule has 1 aromatic carbocycles. The van der Waals surface area contributed by atoms with Crippen molar-refractivity contribution < 1.29 is 9.53 Å². The molecule has 1 spiro atoms. The summed E-state index contributed by atoms with van der Waals surface area (Å²) in [4.78, 5) is 14.5. The molecule has 3 rings (SSSR count). The first kappa shape index (κ1) is 15.3. The molecule has 0 unspecified atom stereocenters. The number of carbonyl (C=O) groups is 1. The first-order chi connectivity index (χ1) is 10.3. The average molecular weight is 302 g/mol. The molecule has 2 aliphatic rings. The minimum atomic E-state index is -0.466. The van der Waals surface area contributed by atoms with E-state index >= 15 is 0 Å². The van der Waals surface area contributed by atoms with Crippen LogP contribution < -0.4 is 10.2 Å². The van der Waals surface area contributed by atoms with Crippen LogP contribution in [-0.4, -0.2) is 31.3 Å². The summed E-state index contributed by atoms with van der Waals surface area (Å²) < 4.78 is 5.61. The number of hydrogen-bond donors (Lipinski definition) is 1. The Morgan fingerprint density at radius 2 is 1.95 bits per heavy atom. The first-order valence-corrected chi connectivity index (χ1v) is 8.13. The second-order valence-electron chi connectivity index (χ2n) is 7.62. The Balaban J connectivity index is 1.97. The Morgan fingerprint density at radius 3 is 2.59 bits per heavy atom. The van der Waals surface area contributed by atoms with E-state index in [0.717, 1.165) is 38.2 Å². The van der Waals surface area contributed by atoms with Gasteiger partial charge in [0, 0.05) is 12.0 Å². The van der Waals surface area contributed by atoms with Crippen LogP contribution in [-0.2, 0) is 10.2 Å². The van der Waals surface area contributed by atoms with Crippen molar-refractivity contribution in [1.29, 1.82) is 0 Å². The van der Waals surface area contributed by atoms with E-state index in [0.29, 0.717) is 0 Å². The summed E-state index contributed by atoms with van der Waals surface area (Å²) >= 11 is 0. The van der Waals surface area contributed by atoms with Gasteiger partial charge in [-0.05, 0) is 65.3 Å². The van der Waals surface area contributed by atoms with E-state index in [9.17, 15) is 4.79 Å². The van der Waals surface area contributed by atoms with Crippen LogP contribution in [0.15, 0.2) is 18.2 Å². The third kappa shape index (κ3) is 2.72. The van der Waals surface area contributed by atoms with Crippen LogP contribution >= 0.6 is 0 Å². The molecular formula is C18H26N2O2. The van der Waals surface area contributed by atoms with Crippen molar-refractivity contribution in [3.8, 4) is 0 Å². The molecule has 4 nitrogen and oxygen atoms in total. The molecule has 0 radical (unpaired) electrons. The van der Waals surface area contributed by atoms with Gasteiger partial charge in [0.1, 0.15) is 5.60 Å². The molecular weight excluding hydrogens is 276 g/mol. The molecule has 22 heavy (non-hydrogen) atoms. The normalized spacial score (nSPS) is 20.1. The molecule has 1 fully saturated rings. The molecule has 2 aliphatic heterocycles. The molecule has 120 valence electrons. The van der Waals surface area contributed by atoms with E-state index in [1.54, 1.807) is 0 Å². The van der Waals surface area contributed by atoms with Crippen molar-refractivity contribution in [3.05, 3.63) is 29.3 Å². The Morgan fingerprint density at radius 1 is 1.27 bits per heavy atom. The number of anilines is 1. The molecule has 1 N–H and O–H groups in total. The summed E-state index contributed by atoms with van der Waals surface area (Å²) in [6.45, 7) is 10.6. The maximum absolute atomic E-state index is 12.6. The van der Waals surface area contributed by atoms with E-state index in [1.807, 2.05) is 25.7 Å². The molecule has 2 heterocycles. The number of aryl methyl sites for hydroxylation is 1. The molecule has 4 heteroatoms. The van der Waals surface area contributed by atoms with Gasteiger partial charge in [-0.25, -0.2) is 4.79 Å². The van der Waals surface area contributed by atoms with Gasteiger partial charge < -0.3 is 10.1 Å². The van der Waals surface area contributed by atoms with Crippen molar-refractivity contribution in [1.82, 2.24) is 5.32 Å². The Bertz CT molecular complexity index is 583. The molecule has 0 bridgehead atoms. The molecule has 0 aromatic heterocycles. The van der Waals surface area contributed by atoms with Gasteiger partial charge in [0.15, 0.2) is 0 Å². The SMILES string of the molecule is Cc1ccc2c(c1)C1(CCNCC1)CN2C(=O)OC(C)(C)C. The predicted octanol–water partition coefficient (Wildman–Crippen LogP) is 3.37. The van der Waals surface area contributed by atoms with E-state index in [2.05, 4.69) is 30.4 Å². The van der Waals surface area contributed by atoms with Crippen LogP contribution in [0.3, 0.4) is 0 Å². The molecule has 0 saturated carbocycles. The lowest BCUT2D eigenvalue weighted by Crippen LogP contribution is -2.45. The fourth-order valence-electron chi connectivity index (χ4n) is 3.60. The highest BCUT2D eigenvalue weighted by Crippen LogP contribution is 2.46. The summed E-state index contributed by atoms with van der Waals surface area (Å²) in [5.41, 5.74) is 3.22. The van der Waals surface area contributed by atoms with Crippen molar-refractivity contribution >= 4 is 11.8 Å². The third-order valence-electron chi connectivity index (χ3n) is 4.65. The molecule has 1 amide bonds. The molecule has 0 atom stereocenters. The van der Waals surface area contributed by atoms with Gasteiger partial charge in [-0.3, -0.25) is 4.90 Å². The number of amides is 1.